The molecule has 4 nitrogen and oxygen atoms in total. The first kappa shape index (κ1) is 18.9. The van der Waals surface area contributed by atoms with Crippen molar-refractivity contribution in [2.24, 2.45) is 17.3 Å². The zero-order chi connectivity index (χ0) is 18.7. The van der Waals surface area contributed by atoms with E-state index in [0.717, 1.165) is 31.1 Å². The highest BCUT2D eigenvalue weighted by molar-refractivity contribution is 5.96. The van der Waals surface area contributed by atoms with Gasteiger partial charge in [0.2, 0.25) is 5.91 Å². The Hall–Kier alpha value is -1.84. The minimum atomic E-state index is -0.0365. The highest BCUT2D eigenvalue weighted by Gasteiger charge is 2.33. The molecule has 0 aromatic heterocycles. The highest BCUT2D eigenvalue weighted by Crippen LogP contribution is 2.36. The van der Waals surface area contributed by atoms with E-state index in [4.69, 9.17) is 0 Å². The molecule has 2 aliphatic rings. The third kappa shape index (κ3) is 4.87. The van der Waals surface area contributed by atoms with Gasteiger partial charge in [-0.1, -0.05) is 40.0 Å². The van der Waals surface area contributed by atoms with Crippen LogP contribution in [0.5, 0.6) is 0 Å². The molecule has 1 saturated heterocycles. The van der Waals surface area contributed by atoms with Crippen LogP contribution < -0.4 is 5.32 Å². The number of amides is 2. The summed E-state index contributed by atoms with van der Waals surface area (Å²) in [4.78, 5) is 26.9. The topological polar surface area (TPSA) is 49.4 Å². The molecule has 2 fully saturated rings. The fourth-order valence-electron chi connectivity index (χ4n) is 4.35. The van der Waals surface area contributed by atoms with Gasteiger partial charge in [0, 0.05) is 30.8 Å². The minimum Gasteiger partial charge on any atom is -0.338 e. The number of anilines is 1. The van der Waals surface area contributed by atoms with Crippen LogP contribution in [0.15, 0.2) is 24.3 Å². The zero-order valence-corrected chi connectivity index (χ0v) is 16.4. The molecule has 2 atom stereocenters. The Balaban J connectivity index is 1.58. The molecule has 1 aromatic rings. The van der Waals surface area contributed by atoms with Crippen LogP contribution in [0.1, 0.15) is 69.7 Å². The number of benzene rings is 1. The second kappa shape index (κ2) is 7.81. The highest BCUT2D eigenvalue weighted by atomic mass is 16.2. The lowest BCUT2D eigenvalue weighted by molar-refractivity contribution is -0.117. The van der Waals surface area contributed by atoms with Crippen LogP contribution in [0, 0.1) is 17.3 Å². The summed E-state index contributed by atoms with van der Waals surface area (Å²) >= 11 is 0. The summed E-state index contributed by atoms with van der Waals surface area (Å²) in [5.74, 6) is 1.66. The first-order chi connectivity index (χ1) is 12.3. The lowest BCUT2D eigenvalue weighted by Gasteiger charge is -2.41. The molecule has 2 unspecified atom stereocenters. The first-order valence-electron chi connectivity index (χ1n) is 10.0. The molecular formula is C22H32N2O2. The van der Waals surface area contributed by atoms with Crippen molar-refractivity contribution in [3.8, 4) is 0 Å². The Labute approximate surface area is 157 Å². The third-order valence-electron chi connectivity index (χ3n) is 5.68. The molecule has 4 heteroatoms. The molecule has 0 radical (unpaired) electrons. The van der Waals surface area contributed by atoms with Crippen molar-refractivity contribution in [3.63, 3.8) is 0 Å². The number of carbonyl (C=O) groups is 2. The molecule has 1 aliphatic carbocycles. The normalized spacial score (nSPS) is 23.3. The van der Waals surface area contributed by atoms with E-state index in [1.807, 2.05) is 49.9 Å². The second-order valence-corrected chi connectivity index (χ2v) is 9.21. The summed E-state index contributed by atoms with van der Waals surface area (Å²) in [6.07, 6.45) is 6.91. The molecule has 26 heavy (non-hydrogen) atoms. The SMILES string of the molecule is CC(C)(C)CC(=O)Nc1ccc(C(=O)N2CCC3CCCCC3C2)cc1. The second-order valence-electron chi connectivity index (χ2n) is 9.21. The maximum absolute atomic E-state index is 12.8. The minimum absolute atomic E-state index is 0.0101. The van der Waals surface area contributed by atoms with Gasteiger partial charge in [0.05, 0.1) is 0 Å². The molecule has 0 bridgehead atoms. The van der Waals surface area contributed by atoms with Gasteiger partial charge in [0.25, 0.3) is 5.91 Å². The Morgan fingerprint density at radius 3 is 2.35 bits per heavy atom. The van der Waals surface area contributed by atoms with Gasteiger partial charge in [-0.25, -0.2) is 0 Å². The Bertz CT molecular complexity index is 645. The summed E-state index contributed by atoms with van der Waals surface area (Å²) in [5, 5.41) is 2.92. The fraction of sp³-hybridized carbons (Fsp3) is 0.636. The van der Waals surface area contributed by atoms with Crippen LogP contribution in [0.2, 0.25) is 0 Å². The van der Waals surface area contributed by atoms with Crippen LogP contribution in [0.25, 0.3) is 0 Å². The van der Waals surface area contributed by atoms with Crippen LogP contribution in [-0.2, 0) is 4.79 Å². The van der Waals surface area contributed by atoms with Crippen molar-refractivity contribution in [2.75, 3.05) is 18.4 Å². The summed E-state index contributed by atoms with van der Waals surface area (Å²) in [7, 11) is 0. The molecule has 0 spiro atoms. The number of likely N-dealkylation sites (tertiary alicyclic amines) is 1. The summed E-state index contributed by atoms with van der Waals surface area (Å²) in [6.45, 7) is 7.93. The molecule has 3 rings (SSSR count). The number of hydrogen-bond donors (Lipinski definition) is 1. The lowest BCUT2D eigenvalue weighted by Crippen LogP contribution is -2.44. The smallest absolute Gasteiger partial charge is 0.253 e. The quantitative estimate of drug-likeness (QED) is 0.852. The Kier molecular flexibility index (Phi) is 5.69. The molecule has 1 saturated carbocycles. The van der Waals surface area contributed by atoms with E-state index in [9.17, 15) is 9.59 Å². The summed E-state index contributed by atoms with van der Waals surface area (Å²) < 4.78 is 0. The Morgan fingerprint density at radius 1 is 1.04 bits per heavy atom. The van der Waals surface area contributed by atoms with E-state index >= 15 is 0 Å². The fourth-order valence-corrected chi connectivity index (χ4v) is 4.35. The molecule has 1 heterocycles. The molecule has 1 aromatic carbocycles. The first-order valence-corrected chi connectivity index (χ1v) is 10.0. The van der Waals surface area contributed by atoms with Gasteiger partial charge in [0.1, 0.15) is 0 Å². The van der Waals surface area contributed by atoms with Crippen molar-refractivity contribution in [1.29, 1.82) is 0 Å². The third-order valence-corrected chi connectivity index (χ3v) is 5.68. The number of nitrogens with zero attached hydrogens (tertiary/aromatic N) is 1. The van der Waals surface area contributed by atoms with Crippen molar-refractivity contribution >= 4 is 17.5 Å². The van der Waals surface area contributed by atoms with Crippen LogP contribution >= 0.6 is 0 Å². The van der Waals surface area contributed by atoms with Gasteiger partial charge in [0.15, 0.2) is 0 Å². The molecule has 142 valence electrons. The van der Waals surface area contributed by atoms with Crippen LogP contribution in [0.4, 0.5) is 5.69 Å². The molecule has 2 amide bonds. The molecule has 1 aliphatic heterocycles. The number of hydrogen-bond acceptors (Lipinski definition) is 2. The van der Waals surface area contributed by atoms with E-state index in [2.05, 4.69) is 5.32 Å². The predicted octanol–water partition coefficient (Wildman–Crippen LogP) is 4.71. The number of piperidine rings is 1. The van der Waals surface area contributed by atoms with Crippen molar-refractivity contribution in [3.05, 3.63) is 29.8 Å². The summed E-state index contributed by atoms with van der Waals surface area (Å²) in [5.41, 5.74) is 1.43. The monoisotopic (exact) mass is 356 g/mol. The standard InChI is InChI=1S/C22H32N2O2/c1-22(2,3)14-20(25)23-19-10-8-17(9-11-19)21(26)24-13-12-16-6-4-5-7-18(16)15-24/h8-11,16,18H,4-7,12-15H2,1-3H3,(H,23,25). The maximum atomic E-state index is 12.8. The predicted molar refractivity (Wildman–Crippen MR) is 105 cm³/mol. The molecular weight excluding hydrogens is 324 g/mol. The van der Waals surface area contributed by atoms with Gasteiger partial charge in [-0.15, -0.1) is 0 Å². The molecule has 1 N–H and O–H groups in total. The van der Waals surface area contributed by atoms with E-state index < -0.39 is 0 Å². The van der Waals surface area contributed by atoms with Gasteiger partial charge < -0.3 is 10.2 Å². The average molecular weight is 357 g/mol. The summed E-state index contributed by atoms with van der Waals surface area (Å²) in [6, 6.07) is 7.34. The number of fused-ring (bicyclic) bond motifs is 1. The maximum Gasteiger partial charge on any atom is 0.253 e. The Morgan fingerprint density at radius 2 is 1.69 bits per heavy atom. The van der Waals surface area contributed by atoms with Crippen LogP contribution in [0.3, 0.4) is 0 Å². The van der Waals surface area contributed by atoms with Gasteiger partial charge in [-0.2, -0.15) is 0 Å². The lowest BCUT2D eigenvalue weighted by atomic mass is 9.75. The number of rotatable bonds is 3. The van der Waals surface area contributed by atoms with Crippen molar-refractivity contribution < 1.29 is 9.59 Å². The van der Waals surface area contributed by atoms with Gasteiger partial charge >= 0.3 is 0 Å². The van der Waals surface area contributed by atoms with Gasteiger partial charge in [-0.05, 0) is 54.4 Å². The van der Waals surface area contributed by atoms with E-state index in [-0.39, 0.29) is 17.2 Å². The van der Waals surface area contributed by atoms with Gasteiger partial charge in [-0.3, -0.25) is 9.59 Å². The van der Waals surface area contributed by atoms with Crippen molar-refractivity contribution in [2.45, 2.75) is 59.3 Å². The van der Waals surface area contributed by atoms with E-state index in [1.165, 1.54) is 25.7 Å². The zero-order valence-electron chi connectivity index (χ0n) is 16.4. The van der Waals surface area contributed by atoms with E-state index in [0.29, 0.717) is 17.9 Å². The van der Waals surface area contributed by atoms with Crippen LogP contribution in [-0.4, -0.2) is 29.8 Å². The van der Waals surface area contributed by atoms with E-state index in [1.54, 1.807) is 0 Å². The number of nitrogens with one attached hydrogen (secondary N) is 1. The van der Waals surface area contributed by atoms with Crippen molar-refractivity contribution in [1.82, 2.24) is 4.90 Å². The number of carbonyl (C=O) groups excluding carboxylic acids is 2. The largest absolute Gasteiger partial charge is 0.338 e. The average Bonchev–Trinajstić information content (AvgIpc) is 2.59.